The zero-order chi connectivity index (χ0) is 17.4. The molecule has 0 saturated heterocycles. The highest BCUT2D eigenvalue weighted by atomic mass is 32.2. The van der Waals surface area contributed by atoms with Gasteiger partial charge < -0.3 is 4.90 Å². The van der Waals surface area contributed by atoms with Crippen LogP contribution in [-0.4, -0.2) is 39.7 Å². The Balaban J connectivity index is 2.10. The van der Waals surface area contributed by atoms with Gasteiger partial charge in [0, 0.05) is 25.5 Å². The summed E-state index contributed by atoms with van der Waals surface area (Å²) in [4.78, 5) is 33.6. The van der Waals surface area contributed by atoms with Crippen molar-refractivity contribution >= 4 is 39.2 Å². The van der Waals surface area contributed by atoms with E-state index < -0.39 is 0 Å². The molecule has 0 radical (unpaired) electrons. The maximum atomic E-state index is 13.0. The van der Waals surface area contributed by atoms with Gasteiger partial charge in [0.05, 0.1) is 10.6 Å². The quantitative estimate of drug-likeness (QED) is 0.466. The fourth-order valence-corrected chi connectivity index (χ4v) is 5.38. The molecule has 1 amide bonds. The number of amides is 1. The number of allylic oxidation sites excluding steroid dienone is 1. The van der Waals surface area contributed by atoms with E-state index >= 15 is 0 Å². The minimum Gasteiger partial charge on any atom is -0.348 e. The third-order valence-electron chi connectivity index (χ3n) is 4.17. The Morgan fingerprint density at radius 3 is 2.92 bits per heavy atom. The number of carbonyl (C=O) groups excluding carboxylic acids is 1. The van der Waals surface area contributed by atoms with E-state index in [9.17, 15) is 9.59 Å². The maximum Gasteiger partial charge on any atom is 0.263 e. The van der Waals surface area contributed by atoms with Gasteiger partial charge in [0.15, 0.2) is 5.16 Å². The van der Waals surface area contributed by atoms with Crippen LogP contribution >= 0.6 is 23.1 Å². The summed E-state index contributed by atoms with van der Waals surface area (Å²) in [7, 11) is 3.47. The molecule has 2 aromatic heterocycles. The minimum absolute atomic E-state index is 0.00757. The number of thiophene rings is 1. The van der Waals surface area contributed by atoms with Crippen molar-refractivity contribution in [2.45, 2.75) is 43.1 Å². The first kappa shape index (κ1) is 17.2. The van der Waals surface area contributed by atoms with Crippen molar-refractivity contribution in [1.29, 1.82) is 0 Å². The van der Waals surface area contributed by atoms with Crippen LogP contribution < -0.4 is 5.56 Å². The Bertz CT molecular complexity index is 867. The van der Waals surface area contributed by atoms with Crippen LogP contribution in [0.5, 0.6) is 0 Å². The molecule has 0 N–H and O–H groups in total. The second kappa shape index (κ2) is 6.72. The van der Waals surface area contributed by atoms with Crippen LogP contribution in [0.2, 0.25) is 0 Å². The number of carbonyl (C=O) groups is 1. The fourth-order valence-electron chi connectivity index (χ4n) is 3.01. The third kappa shape index (κ3) is 2.91. The van der Waals surface area contributed by atoms with Gasteiger partial charge in [-0.3, -0.25) is 14.2 Å². The van der Waals surface area contributed by atoms with E-state index in [2.05, 4.69) is 6.58 Å². The molecule has 128 valence electrons. The molecule has 2 heterocycles. The Morgan fingerprint density at radius 1 is 1.50 bits per heavy atom. The number of aryl methyl sites for hydroxylation is 2. The molecule has 7 heteroatoms. The number of fused-ring (bicyclic) bond motifs is 3. The van der Waals surface area contributed by atoms with Gasteiger partial charge in [-0.05, 0) is 31.7 Å². The molecule has 1 aliphatic carbocycles. The molecule has 5 nitrogen and oxygen atoms in total. The third-order valence-corrected chi connectivity index (χ3v) is 6.44. The number of aromatic nitrogens is 2. The van der Waals surface area contributed by atoms with Gasteiger partial charge in [-0.15, -0.1) is 17.9 Å². The summed E-state index contributed by atoms with van der Waals surface area (Å²) in [5.41, 5.74) is 1.17. The van der Waals surface area contributed by atoms with Gasteiger partial charge in [0.1, 0.15) is 4.83 Å². The van der Waals surface area contributed by atoms with E-state index in [1.807, 2.05) is 6.92 Å². The largest absolute Gasteiger partial charge is 0.348 e. The monoisotopic (exact) mass is 363 g/mol. The molecule has 24 heavy (non-hydrogen) atoms. The van der Waals surface area contributed by atoms with Crippen molar-refractivity contribution in [2.24, 2.45) is 0 Å². The molecule has 3 rings (SSSR count). The second-order valence-corrected chi connectivity index (χ2v) is 8.52. The normalized spacial score (nSPS) is 14.6. The lowest BCUT2D eigenvalue weighted by atomic mass is 10.2. The predicted octanol–water partition coefficient (Wildman–Crippen LogP) is 2.70. The summed E-state index contributed by atoms with van der Waals surface area (Å²) in [6, 6.07) is 0. The number of hydrogen-bond donors (Lipinski definition) is 0. The van der Waals surface area contributed by atoms with Crippen LogP contribution in [0, 0.1) is 0 Å². The number of thioether (sulfide) groups is 1. The van der Waals surface area contributed by atoms with Gasteiger partial charge in [-0.2, -0.15) is 0 Å². The molecule has 0 saturated carbocycles. The summed E-state index contributed by atoms with van der Waals surface area (Å²) in [5, 5.41) is 1.06. The van der Waals surface area contributed by atoms with Gasteiger partial charge in [-0.1, -0.05) is 17.8 Å². The molecule has 0 unspecified atom stereocenters. The van der Waals surface area contributed by atoms with Crippen LogP contribution in [0.3, 0.4) is 0 Å². The maximum absolute atomic E-state index is 13.0. The Morgan fingerprint density at radius 2 is 2.25 bits per heavy atom. The lowest BCUT2D eigenvalue weighted by molar-refractivity contribution is -0.127. The molecule has 0 fully saturated rings. The van der Waals surface area contributed by atoms with E-state index in [-0.39, 0.29) is 16.7 Å². The first-order valence-corrected chi connectivity index (χ1v) is 9.67. The molecular formula is C17H21N3O2S2. The molecule has 1 atom stereocenters. The summed E-state index contributed by atoms with van der Waals surface area (Å²) >= 11 is 2.96. The molecule has 1 aliphatic rings. The van der Waals surface area contributed by atoms with E-state index in [1.54, 1.807) is 41.0 Å². The molecule has 0 aliphatic heterocycles. The number of rotatable bonds is 5. The van der Waals surface area contributed by atoms with E-state index in [1.165, 1.54) is 22.2 Å². The van der Waals surface area contributed by atoms with Crippen molar-refractivity contribution in [3.05, 3.63) is 33.4 Å². The molecular weight excluding hydrogens is 342 g/mol. The summed E-state index contributed by atoms with van der Waals surface area (Å²) in [5.74, 6) is 0.00757. The van der Waals surface area contributed by atoms with Crippen molar-refractivity contribution in [3.8, 4) is 0 Å². The lowest BCUT2D eigenvalue weighted by Crippen LogP contribution is -2.31. The Hall–Kier alpha value is -1.60. The SMILES string of the molecule is C=CCn1c(S[C@@H](C)C(=O)N(C)C)nc2sc3c(c2c1=O)CCC3. The predicted molar refractivity (Wildman–Crippen MR) is 100 cm³/mol. The Labute approximate surface area is 149 Å². The highest BCUT2D eigenvalue weighted by Crippen LogP contribution is 2.36. The van der Waals surface area contributed by atoms with E-state index in [0.29, 0.717) is 11.7 Å². The molecule has 0 aromatic carbocycles. The number of nitrogens with zero attached hydrogens (tertiary/aromatic N) is 3. The van der Waals surface area contributed by atoms with E-state index in [0.717, 1.165) is 29.5 Å². The van der Waals surface area contributed by atoms with Crippen molar-refractivity contribution in [1.82, 2.24) is 14.5 Å². The van der Waals surface area contributed by atoms with Gasteiger partial charge in [0.2, 0.25) is 5.91 Å². The topological polar surface area (TPSA) is 55.2 Å². The van der Waals surface area contributed by atoms with Crippen LogP contribution in [0.15, 0.2) is 22.6 Å². The zero-order valence-electron chi connectivity index (χ0n) is 14.2. The van der Waals surface area contributed by atoms with Gasteiger partial charge >= 0.3 is 0 Å². The first-order chi connectivity index (χ1) is 11.4. The summed E-state index contributed by atoms with van der Waals surface area (Å²) in [6.07, 6.45) is 4.81. The molecule has 0 bridgehead atoms. The fraction of sp³-hybridized carbons (Fsp3) is 0.471. The van der Waals surface area contributed by atoms with Crippen molar-refractivity contribution < 1.29 is 4.79 Å². The first-order valence-electron chi connectivity index (χ1n) is 7.97. The second-order valence-electron chi connectivity index (χ2n) is 6.13. The van der Waals surface area contributed by atoms with Gasteiger partial charge in [0.25, 0.3) is 5.56 Å². The van der Waals surface area contributed by atoms with Crippen LogP contribution in [0.25, 0.3) is 10.2 Å². The van der Waals surface area contributed by atoms with E-state index in [4.69, 9.17) is 4.98 Å². The standard InChI is InChI=1S/C17H21N3O2S2/c1-5-9-20-16(22)13-11-7-6-8-12(11)24-14(13)18-17(20)23-10(2)15(21)19(3)4/h5,10H,1,6-9H2,2-4H3/t10-/m0/s1. The van der Waals surface area contributed by atoms with Crippen LogP contribution in [0.4, 0.5) is 0 Å². The van der Waals surface area contributed by atoms with Gasteiger partial charge in [-0.25, -0.2) is 4.98 Å². The summed E-state index contributed by atoms with van der Waals surface area (Å²) < 4.78 is 1.64. The highest BCUT2D eigenvalue weighted by molar-refractivity contribution is 8.00. The molecule has 0 spiro atoms. The average molecular weight is 364 g/mol. The van der Waals surface area contributed by atoms with Crippen molar-refractivity contribution in [2.75, 3.05) is 14.1 Å². The average Bonchev–Trinajstić information content (AvgIpc) is 3.10. The smallest absolute Gasteiger partial charge is 0.263 e. The zero-order valence-corrected chi connectivity index (χ0v) is 15.8. The van der Waals surface area contributed by atoms with Crippen LogP contribution in [-0.2, 0) is 24.2 Å². The molecule has 2 aromatic rings. The summed E-state index contributed by atoms with van der Waals surface area (Å²) in [6.45, 7) is 6.00. The number of hydrogen-bond acceptors (Lipinski definition) is 5. The minimum atomic E-state index is -0.299. The Kier molecular flexibility index (Phi) is 4.83. The van der Waals surface area contributed by atoms with Crippen molar-refractivity contribution in [3.63, 3.8) is 0 Å². The highest BCUT2D eigenvalue weighted by Gasteiger charge is 2.25. The lowest BCUT2D eigenvalue weighted by Gasteiger charge is -2.17. The van der Waals surface area contributed by atoms with Crippen LogP contribution in [0.1, 0.15) is 23.8 Å².